The van der Waals surface area contributed by atoms with Crippen molar-refractivity contribution in [2.45, 2.75) is 30.7 Å². The van der Waals surface area contributed by atoms with E-state index in [-0.39, 0.29) is 17.4 Å². The first kappa shape index (κ1) is 12.0. The maximum atomic E-state index is 12.4. The van der Waals surface area contributed by atoms with Gasteiger partial charge < -0.3 is 10.1 Å². The van der Waals surface area contributed by atoms with Crippen LogP contribution in [0.1, 0.15) is 24.8 Å². The van der Waals surface area contributed by atoms with E-state index in [9.17, 15) is 4.79 Å². The van der Waals surface area contributed by atoms with Gasteiger partial charge in [0.05, 0.1) is 18.1 Å². The van der Waals surface area contributed by atoms with Gasteiger partial charge in [-0.1, -0.05) is 23.7 Å². The summed E-state index contributed by atoms with van der Waals surface area (Å²) in [5.74, 6) is 0.139. The van der Waals surface area contributed by atoms with Crippen LogP contribution in [0.4, 0.5) is 0 Å². The molecular formula is C14H16ClNO2. The Labute approximate surface area is 111 Å². The second-order valence-corrected chi connectivity index (χ2v) is 5.56. The SMILES string of the molecule is O=C(NC1CCOC1)C1(c2ccc(Cl)cc2)CC1. The quantitative estimate of drug-likeness (QED) is 0.911. The minimum absolute atomic E-state index is 0.139. The molecule has 4 heteroatoms. The lowest BCUT2D eigenvalue weighted by molar-refractivity contribution is -0.124. The van der Waals surface area contributed by atoms with Crippen LogP contribution in [0.3, 0.4) is 0 Å². The van der Waals surface area contributed by atoms with Crippen molar-refractivity contribution in [1.29, 1.82) is 0 Å². The van der Waals surface area contributed by atoms with Crippen molar-refractivity contribution in [3.63, 3.8) is 0 Å². The largest absolute Gasteiger partial charge is 0.379 e. The van der Waals surface area contributed by atoms with Gasteiger partial charge in [0.15, 0.2) is 0 Å². The minimum Gasteiger partial charge on any atom is -0.379 e. The zero-order chi connectivity index (χ0) is 12.6. The predicted octanol–water partition coefficient (Wildman–Crippen LogP) is 2.28. The summed E-state index contributed by atoms with van der Waals surface area (Å²) in [7, 11) is 0. The van der Waals surface area contributed by atoms with Crippen molar-refractivity contribution in [1.82, 2.24) is 5.32 Å². The predicted molar refractivity (Wildman–Crippen MR) is 69.7 cm³/mol. The van der Waals surface area contributed by atoms with E-state index in [2.05, 4.69) is 5.32 Å². The van der Waals surface area contributed by atoms with Crippen molar-refractivity contribution in [2.24, 2.45) is 0 Å². The van der Waals surface area contributed by atoms with Crippen molar-refractivity contribution in [3.8, 4) is 0 Å². The Bertz CT molecular complexity index is 447. The van der Waals surface area contributed by atoms with E-state index in [1.165, 1.54) is 0 Å². The molecule has 0 spiro atoms. The highest BCUT2D eigenvalue weighted by molar-refractivity contribution is 6.30. The van der Waals surface area contributed by atoms with Crippen LogP contribution in [0, 0.1) is 0 Å². The summed E-state index contributed by atoms with van der Waals surface area (Å²) >= 11 is 5.88. The molecule has 1 saturated heterocycles. The maximum absolute atomic E-state index is 12.4. The van der Waals surface area contributed by atoms with Crippen LogP contribution in [-0.4, -0.2) is 25.2 Å². The monoisotopic (exact) mass is 265 g/mol. The molecule has 1 aromatic rings. The fourth-order valence-corrected chi connectivity index (χ4v) is 2.64. The van der Waals surface area contributed by atoms with Gasteiger partial charge in [0.25, 0.3) is 0 Å². The molecule has 1 aromatic carbocycles. The fraction of sp³-hybridized carbons (Fsp3) is 0.500. The summed E-state index contributed by atoms with van der Waals surface area (Å²) in [6.45, 7) is 1.39. The zero-order valence-corrected chi connectivity index (χ0v) is 10.9. The second kappa shape index (κ2) is 4.56. The Morgan fingerprint density at radius 3 is 2.61 bits per heavy atom. The van der Waals surface area contributed by atoms with E-state index in [0.29, 0.717) is 11.6 Å². The molecule has 3 nitrogen and oxygen atoms in total. The van der Waals surface area contributed by atoms with E-state index in [1.54, 1.807) is 0 Å². The molecule has 2 aliphatic rings. The molecule has 1 heterocycles. The van der Waals surface area contributed by atoms with Gasteiger partial charge in [-0.15, -0.1) is 0 Å². The van der Waals surface area contributed by atoms with E-state index in [1.807, 2.05) is 24.3 Å². The van der Waals surface area contributed by atoms with Gasteiger partial charge in [0.2, 0.25) is 5.91 Å². The topological polar surface area (TPSA) is 38.3 Å². The number of amides is 1. The molecule has 0 aromatic heterocycles. The molecule has 1 atom stereocenters. The van der Waals surface area contributed by atoms with E-state index in [0.717, 1.165) is 31.4 Å². The molecule has 2 fully saturated rings. The summed E-state index contributed by atoms with van der Waals surface area (Å²) in [6, 6.07) is 7.80. The van der Waals surface area contributed by atoms with Crippen LogP contribution in [0.25, 0.3) is 0 Å². The summed E-state index contributed by atoms with van der Waals surface area (Å²) < 4.78 is 5.28. The Hall–Kier alpha value is -1.06. The molecule has 0 radical (unpaired) electrons. The van der Waals surface area contributed by atoms with Crippen LogP contribution >= 0.6 is 11.6 Å². The normalized spacial score (nSPS) is 24.8. The number of hydrogen-bond donors (Lipinski definition) is 1. The van der Waals surface area contributed by atoms with E-state index in [4.69, 9.17) is 16.3 Å². The van der Waals surface area contributed by atoms with Gasteiger partial charge in [-0.25, -0.2) is 0 Å². The highest BCUT2D eigenvalue weighted by atomic mass is 35.5. The van der Waals surface area contributed by atoms with Crippen molar-refractivity contribution < 1.29 is 9.53 Å². The lowest BCUT2D eigenvalue weighted by Crippen LogP contribution is -2.41. The minimum atomic E-state index is -0.312. The summed E-state index contributed by atoms with van der Waals surface area (Å²) in [5.41, 5.74) is 0.760. The molecular weight excluding hydrogens is 250 g/mol. The second-order valence-electron chi connectivity index (χ2n) is 5.12. The molecule has 1 amide bonds. The molecule has 18 heavy (non-hydrogen) atoms. The van der Waals surface area contributed by atoms with Crippen molar-refractivity contribution in [2.75, 3.05) is 13.2 Å². The molecule has 1 aliphatic heterocycles. The van der Waals surface area contributed by atoms with Gasteiger partial charge in [-0.2, -0.15) is 0 Å². The summed E-state index contributed by atoms with van der Waals surface area (Å²) in [6.07, 6.45) is 2.77. The summed E-state index contributed by atoms with van der Waals surface area (Å²) in [5, 5.41) is 3.81. The third-order valence-corrected chi connectivity index (χ3v) is 4.10. The Morgan fingerprint density at radius 2 is 2.06 bits per heavy atom. The van der Waals surface area contributed by atoms with Gasteiger partial charge in [-0.3, -0.25) is 4.79 Å². The third kappa shape index (κ3) is 2.13. The summed E-state index contributed by atoms with van der Waals surface area (Å²) in [4.78, 5) is 12.4. The van der Waals surface area contributed by atoms with Crippen molar-refractivity contribution >= 4 is 17.5 Å². The van der Waals surface area contributed by atoms with Gasteiger partial charge >= 0.3 is 0 Å². The van der Waals surface area contributed by atoms with Crippen LogP contribution in [0.2, 0.25) is 5.02 Å². The lowest BCUT2D eigenvalue weighted by Gasteiger charge is -2.18. The molecule has 1 aliphatic carbocycles. The first-order chi connectivity index (χ1) is 8.71. The number of carbonyl (C=O) groups excluding carboxylic acids is 1. The van der Waals surface area contributed by atoms with Crippen molar-refractivity contribution in [3.05, 3.63) is 34.9 Å². The first-order valence-corrected chi connectivity index (χ1v) is 6.73. The number of carbonyl (C=O) groups is 1. The highest BCUT2D eigenvalue weighted by Gasteiger charge is 2.51. The van der Waals surface area contributed by atoms with Crippen LogP contribution in [-0.2, 0) is 14.9 Å². The standard InChI is InChI=1S/C14H16ClNO2/c15-11-3-1-10(2-4-11)14(6-7-14)13(17)16-12-5-8-18-9-12/h1-4,12H,5-9H2,(H,16,17). The molecule has 1 unspecified atom stereocenters. The Kier molecular flexibility index (Phi) is 3.04. The number of benzene rings is 1. The average Bonchev–Trinajstić information content (AvgIpc) is 3.03. The van der Waals surface area contributed by atoms with Gasteiger partial charge in [0.1, 0.15) is 0 Å². The molecule has 96 valence electrons. The molecule has 1 saturated carbocycles. The zero-order valence-electron chi connectivity index (χ0n) is 10.1. The molecule has 3 rings (SSSR count). The van der Waals surface area contributed by atoms with E-state index < -0.39 is 0 Å². The number of rotatable bonds is 3. The van der Waals surface area contributed by atoms with Crippen LogP contribution in [0.5, 0.6) is 0 Å². The number of hydrogen-bond acceptors (Lipinski definition) is 2. The first-order valence-electron chi connectivity index (χ1n) is 6.35. The highest BCUT2D eigenvalue weighted by Crippen LogP contribution is 2.48. The molecule has 0 bridgehead atoms. The Balaban J connectivity index is 1.73. The van der Waals surface area contributed by atoms with Crippen LogP contribution < -0.4 is 5.32 Å². The third-order valence-electron chi connectivity index (χ3n) is 3.85. The van der Waals surface area contributed by atoms with Gasteiger partial charge in [-0.05, 0) is 37.0 Å². The smallest absolute Gasteiger partial charge is 0.230 e. The van der Waals surface area contributed by atoms with E-state index >= 15 is 0 Å². The maximum Gasteiger partial charge on any atom is 0.230 e. The average molecular weight is 266 g/mol. The van der Waals surface area contributed by atoms with Gasteiger partial charge in [0, 0.05) is 11.6 Å². The Morgan fingerprint density at radius 1 is 1.33 bits per heavy atom. The van der Waals surface area contributed by atoms with Crippen LogP contribution in [0.15, 0.2) is 24.3 Å². The number of halogens is 1. The lowest BCUT2D eigenvalue weighted by atomic mass is 9.94. The number of nitrogens with one attached hydrogen (secondary N) is 1. The fourth-order valence-electron chi connectivity index (χ4n) is 2.51. The number of ether oxygens (including phenoxy) is 1. The molecule has 1 N–H and O–H groups in total.